The molecule has 2 fully saturated rings. The normalized spacial score (nSPS) is 27.4. The summed E-state index contributed by atoms with van der Waals surface area (Å²) in [5, 5.41) is 0. The van der Waals surface area contributed by atoms with Crippen molar-refractivity contribution in [1.82, 2.24) is 4.90 Å². The molecular formula is C22H32N2O4. The number of hydrogen-bond acceptors (Lipinski definition) is 4. The number of likely N-dealkylation sites (tertiary alicyclic amines) is 1. The molecule has 1 saturated carbocycles. The van der Waals surface area contributed by atoms with Gasteiger partial charge in [0.1, 0.15) is 11.2 Å². The molecule has 0 radical (unpaired) electrons. The largest absolute Gasteiger partial charge is 0.444 e. The lowest BCUT2D eigenvalue weighted by Crippen LogP contribution is -2.60. The predicted octanol–water partition coefficient (Wildman–Crippen LogP) is 3.68. The van der Waals surface area contributed by atoms with E-state index in [1.165, 1.54) is 0 Å². The van der Waals surface area contributed by atoms with Gasteiger partial charge in [0.15, 0.2) is 0 Å². The van der Waals surface area contributed by atoms with Crippen molar-refractivity contribution in [3.63, 3.8) is 0 Å². The summed E-state index contributed by atoms with van der Waals surface area (Å²) < 4.78 is 12.1. The second-order valence-corrected chi connectivity index (χ2v) is 8.88. The zero-order chi connectivity index (χ0) is 20.5. The monoisotopic (exact) mass is 388 g/mol. The van der Waals surface area contributed by atoms with Crippen LogP contribution >= 0.6 is 0 Å². The molecule has 6 nitrogen and oxygen atoms in total. The van der Waals surface area contributed by atoms with E-state index in [9.17, 15) is 9.59 Å². The minimum atomic E-state index is -0.517. The molecule has 3 rings (SSSR count). The van der Waals surface area contributed by atoms with Crippen molar-refractivity contribution in [2.75, 3.05) is 19.7 Å². The van der Waals surface area contributed by atoms with E-state index < -0.39 is 17.1 Å². The molecule has 154 valence electrons. The third-order valence-electron chi connectivity index (χ3n) is 5.83. The molecule has 1 aromatic carbocycles. The van der Waals surface area contributed by atoms with Crippen molar-refractivity contribution in [2.24, 2.45) is 17.6 Å². The molecule has 2 amide bonds. The molecule has 0 spiro atoms. The summed E-state index contributed by atoms with van der Waals surface area (Å²) in [4.78, 5) is 26.3. The van der Waals surface area contributed by atoms with Gasteiger partial charge >= 0.3 is 6.09 Å². The average Bonchev–Trinajstić information content (AvgIpc) is 2.60. The number of hydrogen-bond donors (Lipinski definition) is 1. The number of nitrogens with two attached hydrogens (primary N) is 1. The molecule has 2 N–H and O–H groups in total. The summed E-state index contributed by atoms with van der Waals surface area (Å²) in [6, 6.07) is 7.49. The smallest absolute Gasteiger partial charge is 0.410 e. The quantitative estimate of drug-likeness (QED) is 0.853. The lowest BCUT2D eigenvalue weighted by Gasteiger charge is -2.55. The van der Waals surface area contributed by atoms with Gasteiger partial charge in [-0.2, -0.15) is 0 Å². The van der Waals surface area contributed by atoms with Crippen LogP contribution in [-0.4, -0.2) is 42.2 Å². The maximum Gasteiger partial charge on any atom is 0.410 e. The molecule has 2 unspecified atom stereocenters. The van der Waals surface area contributed by atoms with Crippen molar-refractivity contribution in [1.29, 1.82) is 0 Å². The molecule has 1 aromatic rings. The Morgan fingerprint density at radius 1 is 1.21 bits per heavy atom. The summed E-state index contributed by atoms with van der Waals surface area (Å²) >= 11 is 0. The highest BCUT2D eigenvalue weighted by molar-refractivity contribution is 5.93. The predicted molar refractivity (Wildman–Crippen MR) is 107 cm³/mol. The van der Waals surface area contributed by atoms with E-state index in [-0.39, 0.29) is 17.9 Å². The van der Waals surface area contributed by atoms with Crippen molar-refractivity contribution >= 4 is 12.0 Å². The Bertz CT molecular complexity index is 726. The molecule has 2 aliphatic rings. The molecule has 1 heterocycles. The molecule has 28 heavy (non-hydrogen) atoms. The van der Waals surface area contributed by atoms with Crippen molar-refractivity contribution < 1.29 is 19.1 Å². The van der Waals surface area contributed by atoms with Crippen molar-refractivity contribution in [3.05, 3.63) is 35.4 Å². The van der Waals surface area contributed by atoms with Gasteiger partial charge in [-0.3, -0.25) is 4.79 Å². The van der Waals surface area contributed by atoms with Crippen LogP contribution in [0.2, 0.25) is 0 Å². The van der Waals surface area contributed by atoms with E-state index in [0.29, 0.717) is 25.3 Å². The maximum absolute atomic E-state index is 12.7. The van der Waals surface area contributed by atoms with Crippen molar-refractivity contribution in [2.45, 2.75) is 58.2 Å². The van der Waals surface area contributed by atoms with E-state index in [2.05, 4.69) is 0 Å². The number of fused-ring (bicyclic) bond motifs is 2. The topological polar surface area (TPSA) is 81.9 Å². The number of ether oxygens (including phenoxy) is 2. The van der Waals surface area contributed by atoms with Crippen LogP contribution in [0.5, 0.6) is 0 Å². The van der Waals surface area contributed by atoms with Crippen LogP contribution in [0, 0.1) is 11.8 Å². The summed E-state index contributed by atoms with van der Waals surface area (Å²) in [5.74, 6) is -0.143. The number of piperidine rings is 1. The third kappa shape index (κ3) is 3.88. The molecule has 2 atom stereocenters. The number of amides is 2. The summed E-state index contributed by atoms with van der Waals surface area (Å²) in [6.45, 7) is 9.40. The highest BCUT2D eigenvalue weighted by atomic mass is 16.6. The summed E-state index contributed by atoms with van der Waals surface area (Å²) in [6.07, 6.45) is 2.79. The van der Waals surface area contributed by atoms with Gasteiger partial charge in [0.05, 0.1) is 0 Å². The first-order chi connectivity index (χ1) is 13.2. The minimum absolute atomic E-state index is 0.149. The number of rotatable bonds is 4. The second-order valence-electron chi connectivity index (χ2n) is 8.88. The van der Waals surface area contributed by atoms with Crippen LogP contribution in [-0.2, 0) is 15.1 Å². The fraction of sp³-hybridized carbons (Fsp3) is 0.636. The van der Waals surface area contributed by atoms with Crippen molar-refractivity contribution in [3.8, 4) is 0 Å². The van der Waals surface area contributed by atoms with Gasteiger partial charge in [-0.05, 0) is 58.2 Å². The lowest BCUT2D eigenvalue weighted by molar-refractivity contribution is -0.180. The van der Waals surface area contributed by atoms with Gasteiger partial charge in [-0.1, -0.05) is 18.6 Å². The van der Waals surface area contributed by atoms with Gasteiger partial charge in [0.2, 0.25) is 5.91 Å². The first-order valence-electron chi connectivity index (χ1n) is 10.2. The van der Waals surface area contributed by atoms with E-state index in [1.54, 1.807) is 6.07 Å². The summed E-state index contributed by atoms with van der Waals surface area (Å²) in [5.41, 5.74) is 5.98. The van der Waals surface area contributed by atoms with E-state index >= 15 is 0 Å². The van der Waals surface area contributed by atoms with Gasteiger partial charge in [-0.15, -0.1) is 0 Å². The van der Waals surface area contributed by atoms with Crippen LogP contribution < -0.4 is 5.73 Å². The van der Waals surface area contributed by atoms with E-state index in [1.807, 2.05) is 50.8 Å². The Balaban J connectivity index is 1.96. The SMILES string of the molecule is CCOC1(c2cccc(C(N)=O)c2)C2CCCC1CN(C(=O)OC(C)(C)C)C2. The molecule has 0 aromatic heterocycles. The maximum atomic E-state index is 12.7. The van der Waals surface area contributed by atoms with Crippen LogP contribution in [0.15, 0.2) is 24.3 Å². The number of nitrogens with zero attached hydrogens (tertiary/aromatic N) is 1. The van der Waals surface area contributed by atoms with Gasteiger partial charge in [0, 0.05) is 37.1 Å². The molecule has 1 aliphatic carbocycles. The number of primary amides is 1. The molecular weight excluding hydrogens is 356 g/mol. The fourth-order valence-electron chi connectivity index (χ4n) is 4.85. The van der Waals surface area contributed by atoms with Crippen LogP contribution in [0.1, 0.15) is 62.9 Å². The number of carbonyl (C=O) groups excluding carboxylic acids is 2. The fourth-order valence-corrected chi connectivity index (χ4v) is 4.85. The highest BCUT2D eigenvalue weighted by Gasteiger charge is 2.54. The van der Waals surface area contributed by atoms with Crippen LogP contribution in [0.4, 0.5) is 4.79 Å². The van der Waals surface area contributed by atoms with Crippen LogP contribution in [0.3, 0.4) is 0 Å². The van der Waals surface area contributed by atoms with E-state index in [0.717, 1.165) is 24.8 Å². The van der Waals surface area contributed by atoms with Gasteiger partial charge < -0.3 is 20.1 Å². The highest BCUT2D eigenvalue weighted by Crippen LogP contribution is 2.52. The van der Waals surface area contributed by atoms with Gasteiger partial charge in [0.25, 0.3) is 0 Å². The first-order valence-corrected chi connectivity index (χ1v) is 10.2. The Hall–Kier alpha value is -2.08. The second kappa shape index (κ2) is 7.74. The Kier molecular flexibility index (Phi) is 5.71. The molecule has 6 heteroatoms. The zero-order valence-corrected chi connectivity index (χ0v) is 17.4. The third-order valence-corrected chi connectivity index (χ3v) is 5.83. The lowest BCUT2D eigenvalue weighted by atomic mass is 9.62. The number of benzene rings is 1. The Morgan fingerprint density at radius 2 is 1.86 bits per heavy atom. The standard InChI is InChI=1S/C22H32N2O4/c1-5-27-22(16-9-6-8-15(12-16)19(23)25)17-10-7-11-18(22)14-24(13-17)20(26)28-21(2,3)4/h6,8-9,12,17-18H,5,7,10-11,13-14H2,1-4H3,(H2,23,25). The first kappa shape index (κ1) is 20.6. The average molecular weight is 389 g/mol. The van der Waals surface area contributed by atoms with Crippen LogP contribution in [0.25, 0.3) is 0 Å². The minimum Gasteiger partial charge on any atom is -0.444 e. The number of carbonyl (C=O) groups is 2. The molecule has 2 bridgehead atoms. The molecule has 1 aliphatic heterocycles. The Labute approximate surface area is 167 Å². The summed E-state index contributed by atoms with van der Waals surface area (Å²) in [7, 11) is 0. The zero-order valence-electron chi connectivity index (χ0n) is 17.4. The Morgan fingerprint density at radius 3 is 2.39 bits per heavy atom. The van der Waals surface area contributed by atoms with E-state index in [4.69, 9.17) is 15.2 Å². The van der Waals surface area contributed by atoms with Gasteiger partial charge in [-0.25, -0.2) is 4.79 Å². The molecule has 1 saturated heterocycles.